The minimum Gasteiger partial charge on any atom is -0.346 e. The van der Waals surface area contributed by atoms with Crippen LogP contribution in [0.3, 0.4) is 0 Å². The highest BCUT2D eigenvalue weighted by molar-refractivity contribution is 5.56. The fourth-order valence-corrected chi connectivity index (χ4v) is 1.46. The molecule has 0 aromatic carbocycles. The summed E-state index contributed by atoms with van der Waals surface area (Å²) >= 11 is 0. The van der Waals surface area contributed by atoms with Gasteiger partial charge in [-0.2, -0.15) is 5.26 Å². The van der Waals surface area contributed by atoms with Crippen LogP contribution in [0, 0.1) is 11.3 Å². The Bertz CT molecular complexity index is 232. The fraction of sp³-hybridized carbons (Fsp3) is 0.778. The second kappa shape index (κ2) is 3.86. The molecule has 0 N–H and O–H groups in total. The van der Waals surface area contributed by atoms with Crippen LogP contribution in [0.1, 0.15) is 26.7 Å². The molecule has 0 bridgehead atoms. The van der Waals surface area contributed by atoms with Crippen molar-refractivity contribution in [2.75, 3.05) is 0 Å². The Morgan fingerprint density at radius 2 is 2.31 bits per heavy atom. The van der Waals surface area contributed by atoms with Crippen molar-refractivity contribution < 1.29 is 14.3 Å². The number of nitrogens with zero attached hydrogens (tertiary/aromatic N) is 1. The fourth-order valence-electron chi connectivity index (χ4n) is 1.46. The van der Waals surface area contributed by atoms with E-state index in [0.717, 1.165) is 6.29 Å². The van der Waals surface area contributed by atoms with E-state index in [4.69, 9.17) is 14.7 Å². The molecule has 13 heavy (non-hydrogen) atoms. The van der Waals surface area contributed by atoms with E-state index in [1.807, 2.05) is 6.07 Å². The molecule has 4 nitrogen and oxygen atoms in total. The van der Waals surface area contributed by atoms with Crippen molar-refractivity contribution in [3.63, 3.8) is 0 Å². The predicted molar refractivity (Wildman–Crippen MR) is 44.7 cm³/mol. The molecular weight excluding hydrogens is 170 g/mol. The van der Waals surface area contributed by atoms with Gasteiger partial charge in [0.25, 0.3) is 0 Å². The van der Waals surface area contributed by atoms with Crippen LogP contribution < -0.4 is 0 Å². The van der Waals surface area contributed by atoms with Crippen molar-refractivity contribution in [3.8, 4) is 6.07 Å². The highest BCUT2D eigenvalue weighted by Gasteiger charge is 2.34. The molecule has 1 aliphatic heterocycles. The Morgan fingerprint density at radius 1 is 1.62 bits per heavy atom. The quantitative estimate of drug-likeness (QED) is 0.599. The number of aldehydes is 1. The van der Waals surface area contributed by atoms with E-state index in [0.29, 0.717) is 12.8 Å². The van der Waals surface area contributed by atoms with Gasteiger partial charge in [0.2, 0.25) is 0 Å². The number of carbonyl (C=O) groups is 1. The molecule has 0 amide bonds. The highest BCUT2D eigenvalue weighted by Crippen LogP contribution is 2.26. The molecule has 0 aromatic heterocycles. The zero-order valence-corrected chi connectivity index (χ0v) is 7.82. The van der Waals surface area contributed by atoms with Gasteiger partial charge in [-0.15, -0.1) is 0 Å². The normalized spacial score (nSPS) is 32.1. The standard InChI is InChI=1S/C9H13NO3/c1-9(2)12-7(3-4-10)5-8(6-11)13-9/h6-8H,3,5H2,1-2H3/t7-,8-/m0/s1. The van der Waals surface area contributed by atoms with E-state index in [9.17, 15) is 4.79 Å². The van der Waals surface area contributed by atoms with Gasteiger partial charge in [0.1, 0.15) is 12.4 Å². The molecule has 0 spiro atoms. The van der Waals surface area contributed by atoms with Crippen LogP contribution in [0.15, 0.2) is 0 Å². The van der Waals surface area contributed by atoms with Gasteiger partial charge >= 0.3 is 0 Å². The SMILES string of the molecule is CC1(C)O[C@@H](CC#N)C[C@@H](C=O)O1. The molecule has 1 rings (SSSR count). The first kappa shape index (κ1) is 10.2. The summed E-state index contributed by atoms with van der Waals surface area (Å²) in [6.07, 6.45) is 0.901. The van der Waals surface area contributed by atoms with Crippen molar-refractivity contribution in [2.45, 2.75) is 44.7 Å². The molecule has 72 valence electrons. The van der Waals surface area contributed by atoms with E-state index in [2.05, 4.69) is 0 Å². The summed E-state index contributed by atoms with van der Waals surface area (Å²) in [7, 11) is 0. The van der Waals surface area contributed by atoms with Crippen molar-refractivity contribution in [3.05, 3.63) is 0 Å². The summed E-state index contributed by atoms with van der Waals surface area (Å²) in [5.74, 6) is -0.759. The maximum Gasteiger partial charge on any atom is 0.164 e. The monoisotopic (exact) mass is 183 g/mol. The first-order valence-electron chi connectivity index (χ1n) is 4.25. The van der Waals surface area contributed by atoms with Gasteiger partial charge in [-0.05, 0) is 13.8 Å². The number of hydrogen-bond acceptors (Lipinski definition) is 4. The molecule has 2 atom stereocenters. The Hall–Kier alpha value is -0.920. The summed E-state index contributed by atoms with van der Waals surface area (Å²) in [5, 5.41) is 8.49. The molecule has 0 aromatic rings. The van der Waals surface area contributed by atoms with Crippen molar-refractivity contribution in [1.29, 1.82) is 5.26 Å². The lowest BCUT2D eigenvalue weighted by Gasteiger charge is -2.38. The Labute approximate surface area is 77.4 Å². The lowest BCUT2D eigenvalue weighted by atomic mass is 10.1. The predicted octanol–water partition coefficient (Wildman–Crippen LogP) is 1.01. The zero-order chi connectivity index (χ0) is 9.90. The van der Waals surface area contributed by atoms with Crippen LogP contribution in [-0.2, 0) is 14.3 Å². The largest absolute Gasteiger partial charge is 0.346 e. The molecular formula is C9H13NO3. The van der Waals surface area contributed by atoms with Crippen molar-refractivity contribution in [1.82, 2.24) is 0 Å². The lowest BCUT2D eigenvalue weighted by Crippen LogP contribution is -2.45. The third kappa shape index (κ3) is 2.79. The molecule has 0 aliphatic carbocycles. The van der Waals surface area contributed by atoms with Gasteiger partial charge in [-0.3, -0.25) is 0 Å². The van der Waals surface area contributed by atoms with Gasteiger partial charge in [0.05, 0.1) is 18.6 Å². The zero-order valence-electron chi connectivity index (χ0n) is 7.82. The number of nitriles is 1. The maximum atomic E-state index is 10.5. The van der Waals surface area contributed by atoms with Crippen LogP contribution in [-0.4, -0.2) is 24.3 Å². The molecule has 1 fully saturated rings. The van der Waals surface area contributed by atoms with Crippen molar-refractivity contribution >= 4 is 6.29 Å². The first-order valence-corrected chi connectivity index (χ1v) is 4.25. The van der Waals surface area contributed by atoms with Crippen LogP contribution >= 0.6 is 0 Å². The molecule has 0 radical (unpaired) electrons. The van der Waals surface area contributed by atoms with E-state index >= 15 is 0 Å². The van der Waals surface area contributed by atoms with Gasteiger partial charge in [-0.1, -0.05) is 0 Å². The third-order valence-corrected chi connectivity index (χ3v) is 1.85. The van der Waals surface area contributed by atoms with Crippen LogP contribution in [0.5, 0.6) is 0 Å². The minimum atomic E-state index is -0.759. The molecule has 1 saturated heterocycles. The third-order valence-electron chi connectivity index (χ3n) is 1.85. The van der Waals surface area contributed by atoms with E-state index in [-0.39, 0.29) is 6.10 Å². The second-order valence-electron chi connectivity index (χ2n) is 3.53. The first-order chi connectivity index (χ1) is 6.07. The van der Waals surface area contributed by atoms with Gasteiger partial charge in [0, 0.05) is 6.42 Å². The molecule has 0 unspecified atom stereocenters. The highest BCUT2D eigenvalue weighted by atomic mass is 16.7. The minimum absolute atomic E-state index is 0.191. The number of rotatable bonds is 2. The molecule has 1 heterocycles. The second-order valence-corrected chi connectivity index (χ2v) is 3.53. The van der Waals surface area contributed by atoms with Crippen LogP contribution in [0.25, 0.3) is 0 Å². The maximum absolute atomic E-state index is 10.5. The summed E-state index contributed by atoms with van der Waals surface area (Å²) < 4.78 is 10.7. The van der Waals surface area contributed by atoms with Crippen LogP contribution in [0.2, 0.25) is 0 Å². The van der Waals surface area contributed by atoms with Crippen LogP contribution in [0.4, 0.5) is 0 Å². The van der Waals surface area contributed by atoms with Gasteiger partial charge in [0.15, 0.2) is 5.79 Å². The van der Waals surface area contributed by atoms with Gasteiger partial charge in [-0.25, -0.2) is 0 Å². The number of hydrogen-bond donors (Lipinski definition) is 0. The molecule has 1 aliphatic rings. The molecule has 4 heteroatoms. The van der Waals surface area contributed by atoms with E-state index in [1.165, 1.54) is 0 Å². The lowest BCUT2D eigenvalue weighted by molar-refractivity contribution is -0.289. The van der Waals surface area contributed by atoms with E-state index in [1.54, 1.807) is 13.8 Å². The summed E-state index contributed by atoms with van der Waals surface area (Å²) in [6, 6.07) is 2.02. The van der Waals surface area contributed by atoms with Crippen molar-refractivity contribution in [2.24, 2.45) is 0 Å². The number of carbonyl (C=O) groups excluding carboxylic acids is 1. The smallest absolute Gasteiger partial charge is 0.164 e. The average Bonchev–Trinajstić information content (AvgIpc) is 2.02. The topological polar surface area (TPSA) is 59.3 Å². The molecule has 0 saturated carbocycles. The van der Waals surface area contributed by atoms with Gasteiger partial charge < -0.3 is 14.3 Å². The summed E-state index contributed by atoms with van der Waals surface area (Å²) in [6.45, 7) is 3.49. The Kier molecular flexibility index (Phi) is 3.02. The summed E-state index contributed by atoms with van der Waals surface area (Å²) in [4.78, 5) is 10.5. The average molecular weight is 183 g/mol. The Morgan fingerprint density at radius 3 is 2.85 bits per heavy atom. The number of ether oxygens (including phenoxy) is 2. The Balaban J connectivity index is 2.60. The summed E-state index contributed by atoms with van der Waals surface area (Å²) in [5.41, 5.74) is 0. The van der Waals surface area contributed by atoms with E-state index < -0.39 is 11.9 Å².